The van der Waals surface area contributed by atoms with E-state index < -0.39 is 17.7 Å². The van der Waals surface area contributed by atoms with E-state index in [1.165, 1.54) is 27.4 Å². The van der Waals surface area contributed by atoms with Crippen molar-refractivity contribution in [1.82, 2.24) is 5.32 Å². The number of carbonyl (C=O) groups is 1. The van der Waals surface area contributed by atoms with E-state index in [2.05, 4.69) is 5.32 Å². The Bertz CT molecular complexity index is 811. The molecule has 2 aromatic carbocycles. The maximum atomic E-state index is 13.3. The van der Waals surface area contributed by atoms with Crippen LogP contribution in [0.15, 0.2) is 30.3 Å². The van der Waals surface area contributed by atoms with Crippen molar-refractivity contribution in [2.45, 2.75) is 25.8 Å². The number of rotatable bonds is 8. The van der Waals surface area contributed by atoms with Crippen LogP contribution in [0.5, 0.6) is 17.2 Å². The van der Waals surface area contributed by atoms with Gasteiger partial charge in [0.05, 0.1) is 27.4 Å². The van der Waals surface area contributed by atoms with Crippen LogP contribution in [0.4, 0.5) is 8.78 Å². The van der Waals surface area contributed by atoms with Crippen LogP contribution in [0.1, 0.15) is 30.5 Å². The summed E-state index contributed by atoms with van der Waals surface area (Å²) in [5.41, 5.74) is 1.29. The van der Waals surface area contributed by atoms with Crippen molar-refractivity contribution in [3.8, 4) is 17.2 Å². The van der Waals surface area contributed by atoms with E-state index in [1.807, 2.05) is 6.07 Å². The van der Waals surface area contributed by atoms with Crippen LogP contribution in [0.2, 0.25) is 0 Å². The topological polar surface area (TPSA) is 56.8 Å². The minimum absolute atomic E-state index is 0.194. The number of ether oxygens (including phenoxy) is 3. The zero-order chi connectivity index (χ0) is 20.0. The van der Waals surface area contributed by atoms with Crippen LogP contribution in [-0.2, 0) is 11.2 Å². The van der Waals surface area contributed by atoms with Gasteiger partial charge in [-0.1, -0.05) is 12.1 Å². The largest absolute Gasteiger partial charge is 0.493 e. The van der Waals surface area contributed by atoms with Crippen LogP contribution in [0.3, 0.4) is 0 Å². The second-order valence-electron chi connectivity index (χ2n) is 5.96. The number of amides is 1. The molecule has 1 N–H and O–H groups in total. The number of halogens is 2. The van der Waals surface area contributed by atoms with E-state index in [1.54, 1.807) is 13.0 Å². The highest BCUT2D eigenvalue weighted by atomic mass is 19.2. The van der Waals surface area contributed by atoms with E-state index in [9.17, 15) is 13.6 Å². The van der Waals surface area contributed by atoms with Gasteiger partial charge in [-0.05, 0) is 42.7 Å². The number of methoxy groups -OCH3 is 3. The number of hydrogen-bond donors (Lipinski definition) is 1. The van der Waals surface area contributed by atoms with Crippen molar-refractivity contribution in [3.63, 3.8) is 0 Å². The van der Waals surface area contributed by atoms with Crippen molar-refractivity contribution >= 4 is 5.91 Å². The lowest BCUT2D eigenvalue weighted by Crippen LogP contribution is -2.27. The molecule has 2 rings (SSSR count). The maximum Gasteiger partial charge on any atom is 0.220 e. The standard InChI is InChI=1S/C20H23F2NO4/c1-12(14-5-8-15(21)16(22)11-14)23-18(24)10-7-13-6-9-17(25-2)20(27-4)19(13)26-3/h5-6,8-9,11-12H,7,10H2,1-4H3,(H,23,24). The molecular formula is C20H23F2NO4. The lowest BCUT2D eigenvalue weighted by atomic mass is 10.1. The van der Waals surface area contributed by atoms with Gasteiger partial charge < -0.3 is 19.5 Å². The molecular weight excluding hydrogens is 356 g/mol. The minimum Gasteiger partial charge on any atom is -0.493 e. The summed E-state index contributed by atoms with van der Waals surface area (Å²) in [5.74, 6) is -0.563. The monoisotopic (exact) mass is 379 g/mol. The summed E-state index contributed by atoms with van der Waals surface area (Å²) in [7, 11) is 4.57. The third-order valence-electron chi connectivity index (χ3n) is 4.23. The molecule has 5 nitrogen and oxygen atoms in total. The van der Waals surface area contributed by atoms with Gasteiger partial charge in [0.25, 0.3) is 0 Å². The summed E-state index contributed by atoms with van der Waals surface area (Å²) in [6, 6.07) is 6.69. The molecule has 0 fully saturated rings. The fraction of sp³-hybridized carbons (Fsp3) is 0.350. The first-order valence-corrected chi connectivity index (χ1v) is 8.43. The van der Waals surface area contributed by atoms with E-state index >= 15 is 0 Å². The van der Waals surface area contributed by atoms with Gasteiger partial charge in [0, 0.05) is 6.42 Å². The van der Waals surface area contributed by atoms with Gasteiger partial charge in [-0.2, -0.15) is 0 Å². The van der Waals surface area contributed by atoms with Gasteiger partial charge in [0.15, 0.2) is 23.1 Å². The second-order valence-corrected chi connectivity index (χ2v) is 5.96. The number of hydrogen-bond acceptors (Lipinski definition) is 4. The average Bonchev–Trinajstić information content (AvgIpc) is 2.67. The highest BCUT2D eigenvalue weighted by molar-refractivity contribution is 5.77. The molecule has 146 valence electrons. The smallest absolute Gasteiger partial charge is 0.220 e. The predicted molar refractivity (Wildman–Crippen MR) is 97.3 cm³/mol. The van der Waals surface area contributed by atoms with E-state index in [-0.39, 0.29) is 12.3 Å². The Kier molecular flexibility index (Phi) is 6.98. The molecule has 0 radical (unpaired) electrons. The Labute approximate surface area is 157 Å². The molecule has 7 heteroatoms. The highest BCUT2D eigenvalue weighted by Gasteiger charge is 2.17. The van der Waals surface area contributed by atoms with Gasteiger partial charge in [0.2, 0.25) is 11.7 Å². The zero-order valence-electron chi connectivity index (χ0n) is 15.8. The highest BCUT2D eigenvalue weighted by Crippen LogP contribution is 2.40. The lowest BCUT2D eigenvalue weighted by Gasteiger charge is -2.17. The quantitative estimate of drug-likeness (QED) is 0.758. The van der Waals surface area contributed by atoms with Gasteiger partial charge in [-0.15, -0.1) is 0 Å². The SMILES string of the molecule is COc1ccc(CCC(=O)NC(C)c2ccc(F)c(F)c2)c(OC)c1OC. The summed E-state index contributed by atoms with van der Waals surface area (Å²) in [4.78, 5) is 12.3. The fourth-order valence-electron chi connectivity index (χ4n) is 2.79. The third kappa shape index (κ3) is 4.87. The van der Waals surface area contributed by atoms with Crippen molar-refractivity contribution in [2.24, 2.45) is 0 Å². The van der Waals surface area contributed by atoms with Gasteiger partial charge in [-0.3, -0.25) is 4.79 Å². The van der Waals surface area contributed by atoms with Crippen molar-refractivity contribution in [3.05, 3.63) is 53.1 Å². The molecule has 0 saturated heterocycles. The summed E-state index contributed by atoms with van der Waals surface area (Å²) in [6.07, 6.45) is 0.611. The number of benzene rings is 2. The van der Waals surface area contributed by atoms with Crippen LogP contribution >= 0.6 is 0 Å². The Morgan fingerprint density at radius 3 is 2.30 bits per heavy atom. The first kappa shape index (κ1) is 20.5. The molecule has 1 atom stereocenters. The predicted octanol–water partition coefficient (Wildman–Crippen LogP) is 3.80. The minimum atomic E-state index is -0.941. The zero-order valence-corrected chi connectivity index (χ0v) is 15.8. The molecule has 0 aliphatic rings. The Morgan fingerprint density at radius 1 is 1.00 bits per heavy atom. The van der Waals surface area contributed by atoms with Crippen molar-refractivity contribution in [2.75, 3.05) is 21.3 Å². The molecule has 2 aromatic rings. The molecule has 0 aromatic heterocycles. The number of aryl methyl sites for hydroxylation is 1. The molecule has 0 aliphatic carbocycles. The molecule has 0 heterocycles. The third-order valence-corrected chi connectivity index (χ3v) is 4.23. The summed E-state index contributed by atoms with van der Waals surface area (Å²) < 4.78 is 42.3. The number of nitrogens with one attached hydrogen (secondary N) is 1. The Balaban J connectivity index is 2.03. The Hall–Kier alpha value is -2.83. The maximum absolute atomic E-state index is 13.3. The summed E-state index contributed by atoms with van der Waals surface area (Å²) in [6.45, 7) is 1.71. The van der Waals surface area contributed by atoms with Crippen LogP contribution in [0, 0.1) is 11.6 Å². The normalized spacial score (nSPS) is 11.6. The van der Waals surface area contributed by atoms with Crippen LogP contribution in [-0.4, -0.2) is 27.2 Å². The van der Waals surface area contributed by atoms with Crippen molar-refractivity contribution < 1.29 is 27.8 Å². The van der Waals surface area contributed by atoms with E-state index in [0.29, 0.717) is 29.2 Å². The summed E-state index contributed by atoms with van der Waals surface area (Å²) >= 11 is 0. The second kappa shape index (κ2) is 9.21. The van der Waals surface area contributed by atoms with Gasteiger partial charge in [-0.25, -0.2) is 8.78 Å². The van der Waals surface area contributed by atoms with Gasteiger partial charge in [0.1, 0.15) is 0 Å². The van der Waals surface area contributed by atoms with Crippen LogP contribution < -0.4 is 19.5 Å². The Morgan fingerprint density at radius 2 is 1.70 bits per heavy atom. The number of carbonyl (C=O) groups excluding carboxylic acids is 1. The molecule has 0 bridgehead atoms. The van der Waals surface area contributed by atoms with E-state index in [4.69, 9.17) is 14.2 Å². The first-order chi connectivity index (χ1) is 12.9. The first-order valence-electron chi connectivity index (χ1n) is 8.43. The fourth-order valence-corrected chi connectivity index (χ4v) is 2.79. The molecule has 0 spiro atoms. The summed E-state index contributed by atoms with van der Waals surface area (Å²) in [5, 5.41) is 2.78. The molecule has 27 heavy (non-hydrogen) atoms. The molecule has 1 unspecified atom stereocenters. The van der Waals surface area contributed by atoms with Gasteiger partial charge >= 0.3 is 0 Å². The molecule has 0 saturated carbocycles. The molecule has 0 aliphatic heterocycles. The lowest BCUT2D eigenvalue weighted by molar-refractivity contribution is -0.121. The average molecular weight is 379 g/mol. The van der Waals surface area contributed by atoms with Crippen molar-refractivity contribution in [1.29, 1.82) is 0 Å². The molecule has 1 amide bonds. The van der Waals surface area contributed by atoms with Crippen LogP contribution in [0.25, 0.3) is 0 Å². The van der Waals surface area contributed by atoms with E-state index in [0.717, 1.165) is 17.7 Å².